The van der Waals surface area contributed by atoms with E-state index in [1.807, 2.05) is 0 Å². The molecule has 108 valence electrons. The molecule has 2 N–H and O–H groups in total. The van der Waals surface area contributed by atoms with Gasteiger partial charge in [0, 0.05) is 12.7 Å². The predicted molar refractivity (Wildman–Crippen MR) is 69.5 cm³/mol. The molecule has 1 aromatic rings. The summed E-state index contributed by atoms with van der Waals surface area (Å²) < 4.78 is 5.17. The highest BCUT2D eigenvalue weighted by molar-refractivity contribution is 5.94. The first kappa shape index (κ1) is 14.3. The van der Waals surface area contributed by atoms with Crippen molar-refractivity contribution < 1.29 is 19.4 Å². The summed E-state index contributed by atoms with van der Waals surface area (Å²) in [5.41, 5.74) is -0.480. The molecule has 2 unspecified atom stereocenters. The fraction of sp³-hybridized carbons (Fsp3) is 0.462. The number of aromatic amines is 1. The third kappa shape index (κ3) is 2.57. The number of H-pyrrole nitrogens is 1. The van der Waals surface area contributed by atoms with Gasteiger partial charge in [0.15, 0.2) is 0 Å². The average molecular weight is 280 g/mol. The van der Waals surface area contributed by atoms with Gasteiger partial charge in [-0.25, -0.2) is 0 Å². The van der Waals surface area contributed by atoms with E-state index in [1.165, 1.54) is 17.2 Å². The quantitative estimate of drug-likeness (QED) is 0.804. The van der Waals surface area contributed by atoms with E-state index in [1.54, 1.807) is 13.0 Å². The lowest BCUT2D eigenvalue weighted by molar-refractivity contribution is -0.142. The SMILES string of the molecule is CCN(C(=O)c1ccc[nH]c1=O)C1COCC1C(=O)O. The molecule has 1 aliphatic rings. The van der Waals surface area contributed by atoms with E-state index in [0.29, 0.717) is 6.54 Å². The zero-order valence-electron chi connectivity index (χ0n) is 11.0. The summed E-state index contributed by atoms with van der Waals surface area (Å²) >= 11 is 0. The molecule has 0 aromatic carbocycles. The van der Waals surface area contributed by atoms with E-state index in [4.69, 9.17) is 9.84 Å². The molecular formula is C13H16N2O5. The van der Waals surface area contributed by atoms with Gasteiger partial charge in [0.1, 0.15) is 11.5 Å². The summed E-state index contributed by atoms with van der Waals surface area (Å²) in [6.07, 6.45) is 1.44. The molecule has 0 aliphatic carbocycles. The third-order valence-corrected chi connectivity index (χ3v) is 3.42. The maximum absolute atomic E-state index is 12.4. The molecule has 1 fully saturated rings. The molecule has 0 bridgehead atoms. The van der Waals surface area contributed by atoms with Gasteiger partial charge in [-0.05, 0) is 19.1 Å². The number of amides is 1. The van der Waals surface area contributed by atoms with Crippen molar-refractivity contribution in [1.29, 1.82) is 0 Å². The second kappa shape index (κ2) is 5.87. The van der Waals surface area contributed by atoms with Gasteiger partial charge >= 0.3 is 5.97 Å². The number of aliphatic carboxylic acids is 1. The van der Waals surface area contributed by atoms with Crippen molar-refractivity contribution in [2.75, 3.05) is 19.8 Å². The highest BCUT2D eigenvalue weighted by atomic mass is 16.5. The van der Waals surface area contributed by atoms with Crippen LogP contribution in [0.1, 0.15) is 17.3 Å². The summed E-state index contributed by atoms with van der Waals surface area (Å²) in [6, 6.07) is 2.43. The molecule has 1 saturated heterocycles. The Labute approximate surface area is 115 Å². The number of rotatable bonds is 4. The van der Waals surface area contributed by atoms with Gasteiger partial charge < -0.3 is 19.7 Å². The van der Waals surface area contributed by atoms with Gasteiger partial charge in [-0.3, -0.25) is 14.4 Å². The number of ether oxygens (including phenoxy) is 1. The molecule has 7 heteroatoms. The smallest absolute Gasteiger partial charge is 0.311 e. The Kier molecular flexibility index (Phi) is 4.19. The Morgan fingerprint density at radius 3 is 2.85 bits per heavy atom. The minimum Gasteiger partial charge on any atom is -0.481 e. The summed E-state index contributed by atoms with van der Waals surface area (Å²) in [4.78, 5) is 39.1. The number of nitrogens with zero attached hydrogens (tertiary/aromatic N) is 1. The number of pyridine rings is 1. The van der Waals surface area contributed by atoms with Crippen molar-refractivity contribution in [2.24, 2.45) is 5.92 Å². The summed E-state index contributed by atoms with van der Waals surface area (Å²) in [7, 11) is 0. The molecule has 2 heterocycles. The van der Waals surface area contributed by atoms with Crippen molar-refractivity contribution in [1.82, 2.24) is 9.88 Å². The van der Waals surface area contributed by atoms with Gasteiger partial charge in [-0.1, -0.05) is 0 Å². The zero-order chi connectivity index (χ0) is 14.7. The molecule has 0 radical (unpaired) electrons. The van der Waals surface area contributed by atoms with E-state index in [2.05, 4.69) is 4.98 Å². The number of carboxylic acids is 1. The number of aromatic nitrogens is 1. The van der Waals surface area contributed by atoms with Crippen LogP contribution in [0.2, 0.25) is 0 Å². The van der Waals surface area contributed by atoms with Crippen LogP contribution >= 0.6 is 0 Å². The van der Waals surface area contributed by atoms with E-state index >= 15 is 0 Å². The van der Waals surface area contributed by atoms with Gasteiger partial charge in [0.25, 0.3) is 11.5 Å². The van der Waals surface area contributed by atoms with Crippen molar-refractivity contribution in [3.05, 3.63) is 34.2 Å². The van der Waals surface area contributed by atoms with E-state index in [9.17, 15) is 14.4 Å². The van der Waals surface area contributed by atoms with Crippen LogP contribution in [0.25, 0.3) is 0 Å². The van der Waals surface area contributed by atoms with E-state index in [-0.39, 0.29) is 18.8 Å². The molecular weight excluding hydrogens is 264 g/mol. The summed E-state index contributed by atoms with van der Waals surface area (Å²) in [6.45, 7) is 2.30. The van der Waals surface area contributed by atoms with Gasteiger partial charge in [-0.15, -0.1) is 0 Å². The highest BCUT2D eigenvalue weighted by Gasteiger charge is 2.40. The Morgan fingerprint density at radius 1 is 1.50 bits per heavy atom. The highest BCUT2D eigenvalue weighted by Crippen LogP contribution is 2.21. The Morgan fingerprint density at radius 2 is 2.25 bits per heavy atom. The number of hydrogen-bond donors (Lipinski definition) is 2. The van der Waals surface area contributed by atoms with Crippen LogP contribution in [0.3, 0.4) is 0 Å². The second-order valence-electron chi connectivity index (χ2n) is 4.55. The van der Waals surface area contributed by atoms with Crippen LogP contribution in [-0.2, 0) is 9.53 Å². The fourth-order valence-electron chi connectivity index (χ4n) is 2.36. The first-order chi connectivity index (χ1) is 9.56. The molecule has 1 aliphatic heterocycles. The van der Waals surface area contributed by atoms with Gasteiger partial charge in [0.05, 0.1) is 19.3 Å². The standard InChI is InChI=1S/C13H16N2O5/c1-2-15(10-7-20-6-9(10)13(18)19)12(17)8-4-3-5-14-11(8)16/h3-5,9-10H,2,6-7H2,1H3,(H,14,16)(H,18,19). The predicted octanol–water partition coefficient (Wildman–Crippen LogP) is -0.0634. The van der Waals surface area contributed by atoms with Crippen LogP contribution in [0.5, 0.6) is 0 Å². The first-order valence-electron chi connectivity index (χ1n) is 6.35. The summed E-state index contributed by atoms with van der Waals surface area (Å²) in [5, 5.41) is 9.15. The van der Waals surface area contributed by atoms with Crippen LogP contribution in [0, 0.1) is 5.92 Å². The molecule has 1 aromatic heterocycles. The monoisotopic (exact) mass is 280 g/mol. The van der Waals surface area contributed by atoms with Crippen molar-refractivity contribution in [3.8, 4) is 0 Å². The molecule has 7 nitrogen and oxygen atoms in total. The van der Waals surface area contributed by atoms with Crippen LogP contribution < -0.4 is 5.56 Å². The minimum atomic E-state index is -0.999. The molecule has 2 rings (SSSR count). The maximum Gasteiger partial charge on any atom is 0.311 e. The van der Waals surface area contributed by atoms with Gasteiger partial charge in [-0.2, -0.15) is 0 Å². The number of carbonyl (C=O) groups is 2. The van der Waals surface area contributed by atoms with Gasteiger partial charge in [0.2, 0.25) is 0 Å². The largest absolute Gasteiger partial charge is 0.481 e. The second-order valence-corrected chi connectivity index (χ2v) is 4.55. The molecule has 20 heavy (non-hydrogen) atoms. The molecule has 1 amide bonds. The number of likely N-dealkylation sites (N-methyl/N-ethyl adjacent to an activating group) is 1. The molecule has 0 spiro atoms. The number of carbonyl (C=O) groups excluding carboxylic acids is 1. The lowest BCUT2D eigenvalue weighted by Gasteiger charge is -2.29. The third-order valence-electron chi connectivity index (χ3n) is 3.42. The lowest BCUT2D eigenvalue weighted by atomic mass is 10.0. The zero-order valence-corrected chi connectivity index (χ0v) is 11.0. The fourth-order valence-corrected chi connectivity index (χ4v) is 2.36. The van der Waals surface area contributed by atoms with E-state index < -0.39 is 29.4 Å². The Hall–Kier alpha value is -2.15. The van der Waals surface area contributed by atoms with Crippen molar-refractivity contribution in [3.63, 3.8) is 0 Å². The number of hydrogen-bond acceptors (Lipinski definition) is 4. The topological polar surface area (TPSA) is 99.7 Å². The summed E-state index contributed by atoms with van der Waals surface area (Å²) in [5.74, 6) is -2.24. The maximum atomic E-state index is 12.4. The number of carboxylic acid groups (broad SMARTS) is 1. The minimum absolute atomic E-state index is 0.00499. The Balaban J connectivity index is 2.29. The molecule has 0 saturated carbocycles. The lowest BCUT2D eigenvalue weighted by Crippen LogP contribution is -2.47. The normalized spacial score (nSPS) is 21.6. The number of nitrogens with one attached hydrogen (secondary N) is 1. The average Bonchev–Trinajstić information content (AvgIpc) is 2.89. The van der Waals surface area contributed by atoms with Crippen molar-refractivity contribution in [2.45, 2.75) is 13.0 Å². The van der Waals surface area contributed by atoms with Crippen LogP contribution in [0.4, 0.5) is 0 Å². The van der Waals surface area contributed by atoms with Crippen LogP contribution in [-0.4, -0.2) is 52.7 Å². The van der Waals surface area contributed by atoms with E-state index in [0.717, 1.165) is 0 Å². The first-order valence-corrected chi connectivity index (χ1v) is 6.35. The van der Waals surface area contributed by atoms with Crippen molar-refractivity contribution >= 4 is 11.9 Å². The molecule has 2 atom stereocenters. The Bertz CT molecular complexity index is 568. The van der Waals surface area contributed by atoms with Crippen LogP contribution in [0.15, 0.2) is 23.1 Å².